The van der Waals surface area contributed by atoms with E-state index in [-0.39, 0.29) is 0 Å². The Hall–Kier alpha value is -1.13. The van der Waals surface area contributed by atoms with E-state index in [4.69, 9.17) is 22.7 Å². The maximum atomic E-state index is 5.57. The topological polar surface area (TPSA) is 38.5 Å². The maximum absolute atomic E-state index is 5.57. The van der Waals surface area contributed by atoms with E-state index in [1.807, 2.05) is 37.4 Å². The molecule has 0 aliphatic heterocycles. The molecule has 16 heavy (non-hydrogen) atoms. The van der Waals surface area contributed by atoms with Crippen molar-refractivity contribution in [1.29, 1.82) is 0 Å². The van der Waals surface area contributed by atoms with Crippen molar-refractivity contribution in [1.82, 2.24) is 4.90 Å². The van der Waals surface area contributed by atoms with Crippen LogP contribution in [0.3, 0.4) is 0 Å². The predicted molar refractivity (Wildman–Crippen MR) is 70.8 cm³/mol. The van der Waals surface area contributed by atoms with Crippen LogP contribution >= 0.6 is 12.2 Å². The van der Waals surface area contributed by atoms with Gasteiger partial charge in [-0.2, -0.15) is 0 Å². The van der Waals surface area contributed by atoms with Crippen LogP contribution in [0.15, 0.2) is 30.3 Å². The van der Waals surface area contributed by atoms with Gasteiger partial charge in [-0.25, -0.2) is 0 Å². The summed E-state index contributed by atoms with van der Waals surface area (Å²) in [4.78, 5) is 2.63. The smallest absolute Gasteiger partial charge is 0.119 e. The molecule has 0 aliphatic carbocycles. The van der Waals surface area contributed by atoms with Gasteiger partial charge < -0.3 is 10.5 Å². The molecule has 0 unspecified atom stereocenters. The lowest BCUT2D eigenvalue weighted by Gasteiger charge is -2.15. The van der Waals surface area contributed by atoms with Crippen molar-refractivity contribution in [3.63, 3.8) is 0 Å². The van der Waals surface area contributed by atoms with Crippen LogP contribution in [0.2, 0.25) is 0 Å². The third kappa shape index (κ3) is 5.68. The standard InChI is InChI=1S/C12H18N2OS/c1-14(10-12(13)16)8-5-9-15-11-6-3-2-4-7-11/h2-4,6-7H,5,8-10H2,1H3,(H2,13,16). The van der Waals surface area contributed by atoms with Crippen LogP contribution in [0.1, 0.15) is 6.42 Å². The van der Waals surface area contributed by atoms with Gasteiger partial charge in [0.25, 0.3) is 0 Å². The number of likely N-dealkylation sites (N-methyl/N-ethyl adjacent to an activating group) is 1. The Bertz CT molecular complexity index is 316. The number of benzene rings is 1. The highest BCUT2D eigenvalue weighted by atomic mass is 32.1. The van der Waals surface area contributed by atoms with Gasteiger partial charge in [0, 0.05) is 13.1 Å². The number of nitrogens with two attached hydrogens (primary N) is 1. The molecule has 1 rings (SSSR count). The fourth-order valence-corrected chi connectivity index (χ4v) is 1.61. The Labute approximate surface area is 102 Å². The van der Waals surface area contributed by atoms with Gasteiger partial charge in [-0.05, 0) is 25.6 Å². The maximum Gasteiger partial charge on any atom is 0.119 e. The van der Waals surface area contributed by atoms with Gasteiger partial charge in [-0.3, -0.25) is 4.90 Å². The number of thiocarbonyl (C=S) groups is 1. The molecule has 88 valence electrons. The highest BCUT2D eigenvalue weighted by molar-refractivity contribution is 7.80. The van der Waals surface area contributed by atoms with E-state index < -0.39 is 0 Å². The first-order chi connectivity index (χ1) is 7.68. The summed E-state index contributed by atoms with van der Waals surface area (Å²) in [7, 11) is 2.00. The van der Waals surface area contributed by atoms with E-state index in [0.717, 1.165) is 18.7 Å². The van der Waals surface area contributed by atoms with Gasteiger partial charge in [-0.15, -0.1) is 0 Å². The molecule has 0 radical (unpaired) electrons. The largest absolute Gasteiger partial charge is 0.494 e. The molecule has 0 heterocycles. The lowest BCUT2D eigenvalue weighted by molar-refractivity contribution is 0.276. The molecule has 0 atom stereocenters. The van der Waals surface area contributed by atoms with Gasteiger partial charge in [0.15, 0.2) is 0 Å². The Kier molecular flexibility index (Phi) is 5.82. The zero-order chi connectivity index (χ0) is 11.8. The first-order valence-electron chi connectivity index (χ1n) is 5.33. The summed E-state index contributed by atoms with van der Waals surface area (Å²) >= 11 is 4.83. The predicted octanol–water partition coefficient (Wildman–Crippen LogP) is 1.67. The minimum Gasteiger partial charge on any atom is -0.494 e. The van der Waals surface area contributed by atoms with E-state index in [1.54, 1.807) is 0 Å². The molecule has 0 aliphatic rings. The molecule has 1 aromatic carbocycles. The third-order valence-corrected chi connectivity index (χ3v) is 2.25. The van der Waals surface area contributed by atoms with Crippen LogP contribution in [0, 0.1) is 0 Å². The van der Waals surface area contributed by atoms with Crippen molar-refractivity contribution >= 4 is 17.2 Å². The molecule has 1 aromatic rings. The first-order valence-corrected chi connectivity index (χ1v) is 5.74. The van der Waals surface area contributed by atoms with E-state index in [9.17, 15) is 0 Å². The SMILES string of the molecule is CN(CCCOc1ccccc1)CC(N)=S. The fourth-order valence-electron chi connectivity index (χ4n) is 1.39. The lowest BCUT2D eigenvalue weighted by Crippen LogP contribution is -2.30. The molecule has 0 saturated heterocycles. The summed E-state index contributed by atoms with van der Waals surface area (Å²) in [6.07, 6.45) is 0.966. The monoisotopic (exact) mass is 238 g/mol. The van der Waals surface area contributed by atoms with Crippen LogP contribution in [0.5, 0.6) is 5.75 Å². The Morgan fingerprint density at radius 3 is 2.69 bits per heavy atom. The molecule has 0 saturated carbocycles. The molecule has 0 spiro atoms. The fraction of sp³-hybridized carbons (Fsp3) is 0.417. The Balaban J connectivity index is 2.10. The molecule has 4 heteroatoms. The molecular weight excluding hydrogens is 220 g/mol. The Morgan fingerprint density at radius 2 is 2.06 bits per heavy atom. The first kappa shape index (κ1) is 12.9. The zero-order valence-electron chi connectivity index (χ0n) is 9.56. The van der Waals surface area contributed by atoms with Crippen molar-refractivity contribution in [3.05, 3.63) is 30.3 Å². The van der Waals surface area contributed by atoms with Gasteiger partial charge in [0.2, 0.25) is 0 Å². The van der Waals surface area contributed by atoms with Gasteiger partial charge in [-0.1, -0.05) is 30.4 Å². The van der Waals surface area contributed by atoms with Crippen LogP contribution < -0.4 is 10.5 Å². The number of nitrogens with zero attached hydrogens (tertiary/aromatic N) is 1. The van der Waals surface area contributed by atoms with Crippen LogP contribution in [-0.4, -0.2) is 36.6 Å². The molecule has 0 aromatic heterocycles. The second-order valence-corrected chi connectivity index (χ2v) is 4.24. The van der Waals surface area contributed by atoms with Gasteiger partial charge in [0.1, 0.15) is 5.75 Å². The van der Waals surface area contributed by atoms with Crippen LogP contribution in [0.4, 0.5) is 0 Å². The average Bonchev–Trinajstić information content (AvgIpc) is 2.25. The van der Waals surface area contributed by atoms with E-state index >= 15 is 0 Å². The molecule has 2 N–H and O–H groups in total. The summed E-state index contributed by atoms with van der Waals surface area (Å²) in [6, 6.07) is 9.82. The van der Waals surface area contributed by atoms with Crippen molar-refractivity contribution in [3.8, 4) is 5.75 Å². The van der Waals surface area contributed by atoms with E-state index in [1.165, 1.54) is 0 Å². The normalized spacial score (nSPS) is 10.4. The average molecular weight is 238 g/mol. The summed E-state index contributed by atoms with van der Waals surface area (Å²) in [5.41, 5.74) is 5.45. The van der Waals surface area contributed by atoms with Crippen LogP contribution in [-0.2, 0) is 0 Å². The lowest BCUT2D eigenvalue weighted by atomic mass is 10.3. The zero-order valence-corrected chi connectivity index (χ0v) is 10.4. The minimum absolute atomic E-state index is 0.534. The quantitative estimate of drug-likeness (QED) is 0.579. The summed E-state index contributed by atoms with van der Waals surface area (Å²) in [6.45, 7) is 2.32. The van der Waals surface area contributed by atoms with Crippen LogP contribution in [0.25, 0.3) is 0 Å². The summed E-state index contributed by atoms with van der Waals surface area (Å²) in [5, 5.41) is 0. The second-order valence-electron chi connectivity index (χ2n) is 3.72. The number of para-hydroxylation sites is 1. The molecule has 0 amide bonds. The van der Waals surface area contributed by atoms with Gasteiger partial charge >= 0.3 is 0 Å². The van der Waals surface area contributed by atoms with E-state index in [2.05, 4.69) is 4.90 Å². The highest BCUT2D eigenvalue weighted by Crippen LogP contribution is 2.08. The summed E-state index contributed by atoms with van der Waals surface area (Å²) in [5.74, 6) is 0.916. The third-order valence-electron chi connectivity index (χ3n) is 2.12. The van der Waals surface area contributed by atoms with Gasteiger partial charge in [0.05, 0.1) is 11.6 Å². The van der Waals surface area contributed by atoms with Crippen molar-refractivity contribution < 1.29 is 4.74 Å². The molecule has 0 bridgehead atoms. The number of rotatable bonds is 7. The van der Waals surface area contributed by atoms with Crippen molar-refractivity contribution in [2.24, 2.45) is 5.73 Å². The number of ether oxygens (including phenoxy) is 1. The second kappa shape index (κ2) is 7.19. The molecule has 0 fully saturated rings. The number of hydrogen-bond donors (Lipinski definition) is 1. The Morgan fingerprint density at radius 1 is 1.38 bits per heavy atom. The van der Waals surface area contributed by atoms with Crippen molar-refractivity contribution in [2.45, 2.75) is 6.42 Å². The summed E-state index contributed by atoms with van der Waals surface area (Å²) < 4.78 is 5.57. The molecule has 3 nitrogen and oxygen atoms in total. The van der Waals surface area contributed by atoms with E-state index in [0.29, 0.717) is 18.1 Å². The van der Waals surface area contributed by atoms with Crippen molar-refractivity contribution in [2.75, 3.05) is 26.7 Å². The highest BCUT2D eigenvalue weighted by Gasteiger charge is 1.99. The molecular formula is C12H18N2OS. The minimum atomic E-state index is 0.534. The number of hydrogen-bond acceptors (Lipinski definition) is 3.